The number of rotatable bonds is 1. The van der Waals surface area contributed by atoms with Gasteiger partial charge in [-0.3, -0.25) is 4.79 Å². The Kier molecular flexibility index (Phi) is 5.46. The zero-order chi connectivity index (χ0) is 24.0. The van der Waals surface area contributed by atoms with Gasteiger partial charge in [0, 0.05) is 26.2 Å². The van der Waals surface area contributed by atoms with Gasteiger partial charge in [-0.1, -0.05) is 0 Å². The first kappa shape index (κ1) is 21.9. The van der Waals surface area contributed by atoms with E-state index < -0.39 is 0 Å². The Hall–Kier alpha value is -3.89. The number of fused-ring (bicyclic) bond motifs is 8. The predicted octanol–water partition coefficient (Wildman–Crippen LogP) is 2.41. The number of hydrogen-bond acceptors (Lipinski definition) is 8. The molecule has 1 amide bonds. The SMILES string of the molecule is COc1c2c(nn1C)C(=O)N(C)CCOc1ccc(F)cc1[C@H]1CCCN1c1nc-2cnc1N. The lowest BCUT2D eigenvalue weighted by Gasteiger charge is -2.29. The molecular weight excluding hydrogens is 441 g/mol. The molecule has 0 spiro atoms. The maximum Gasteiger partial charge on any atom is 0.275 e. The highest BCUT2D eigenvalue weighted by Gasteiger charge is 2.34. The summed E-state index contributed by atoms with van der Waals surface area (Å²) in [5, 5.41) is 4.42. The molecule has 0 aliphatic carbocycles. The Morgan fingerprint density at radius 2 is 2.09 bits per heavy atom. The summed E-state index contributed by atoms with van der Waals surface area (Å²) in [6.07, 6.45) is 3.17. The average molecular weight is 468 g/mol. The topological polar surface area (TPSA) is 112 Å². The van der Waals surface area contributed by atoms with Crippen molar-refractivity contribution in [2.75, 3.05) is 44.5 Å². The monoisotopic (exact) mass is 467 g/mol. The number of ether oxygens (including phenoxy) is 2. The van der Waals surface area contributed by atoms with E-state index in [1.54, 1.807) is 20.2 Å². The molecule has 2 aromatic heterocycles. The minimum absolute atomic E-state index is 0.185. The van der Waals surface area contributed by atoms with Crippen LogP contribution in [0.15, 0.2) is 24.4 Å². The van der Waals surface area contributed by atoms with Crippen molar-refractivity contribution in [2.24, 2.45) is 7.05 Å². The third-order valence-electron chi connectivity index (χ3n) is 6.31. The number of aryl methyl sites for hydroxylation is 1. The van der Waals surface area contributed by atoms with E-state index in [1.165, 1.54) is 35.0 Å². The largest absolute Gasteiger partial charge is 0.491 e. The van der Waals surface area contributed by atoms with Gasteiger partial charge in [0.25, 0.3) is 5.91 Å². The van der Waals surface area contributed by atoms with Crippen LogP contribution in [0.25, 0.3) is 11.3 Å². The van der Waals surface area contributed by atoms with Crippen LogP contribution in [-0.2, 0) is 7.05 Å². The molecule has 10 nitrogen and oxygen atoms in total. The van der Waals surface area contributed by atoms with E-state index in [2.05, 4.69) is 10.1 Å². The number of nitrogens with two attached hydrogens (primary N) is 1. The minimum atomic E-state index is -0.347. The van der Waals surface area contributed by atoms with Gasteiger partial charge in [0.2, 0.25) is 5.88 Å². The van der Waals surface area contributed by atoms with Gasteiger partial charge in [0.05, 0.1) is 37.2 Å². The third kappa shape index (κ3) is 3.57. The Morgan fingerprint density at radius 3 is 2.88 bits per heavy atom. The first-order valence-electron chi connectivity index (χ1n) is 11.1. The molecule has 2 bridgehead atoms. The van der Waals surface area contributed by atoms with Gasteiger partial charge in [-0.15, -0.1) is 0 Å². The number of aromatic nitrogens is 4. The van der Waals surface area contributed by atoms with Crippen LogP contribution in [0.3, 0.4) is 0 Å². The Balaban J connectivity index is 1.73. The van der Waals surface area contributed by atoms with Crippen molar-refractivity contribution in [3.8, 4) is 22.9 Å². The van der Waals surface area contributed by atoms with E-state index >= 15 is 0 Å². The fraction of sp³-hybridized carbons (Fsp3) is 0.391. The molecule has 178 valence electrons. The number of nitrogens with zero attached hydrogens (tertiary/aromatic N) is 6. The molecule has 2 N–H and O–H groups in total. The number of hydrogen-bond donors (Lipinski definition) is 1. The van der Waals surface area contributed by atoms with Crippen molar-refractivity contribution in [1.29, 1.82) is 0 Å². The molecule has 1 fully saturated rings. The van der Waals surface area contributed by atoms with Crippen molar-refractivity contribution in [2.45, 2.75) is 18.9 Å². The summed E-state index contributed by atoms with van der Waals surface area (Å²) in [5.74, 6) is 1.00. The van der Waals surface area contributed by atoms with Crippen molar-refractivity contribution < 1.29 is 18.7 Å². The van der Waals surface area contributed by atoms with Crippen LogP contribution in [0, 0.1) is 5.82 Å². The fourth-order valence-electron chi connectivity index (χ4n) is 4.67. The van der Waals surface area contributed by atoms with Gasteiger partial charge in [-0.05, 0) is 31.0 Å². The summed E-state index contributed by atoms with van der Waals surface area (Å²) in [5.41, 5.74) is 8.05. The zero-order valence-corrected chi connectivity index (χ0v) is 19.3. The Bertz CT molecular complexity index is 1260. The summed E-state index contributed by atoms with van der Waals surface area (Å²) in [6, 6.07) is 4.31. The smallest absolute Gasteiger partial charge is 0.275 e. The molecular formula is C23H26FN7O3. The van der Waals surface area contributed by atoms with Crippen LogP contribution in [0.5, 0.6) is 11.6 Å². The summed E-state index contributed by atoms with van der Waals surface area (Å²) in [4.78, 5) is 26.1. The molecule has 1 saturated heterocycles. The maximum atomic E-state index is 14.3. The first-order chi connectivity index (χ1) is 16.4. The van der Waals surface area contributed by atoms with Gasteiger partial charge in [-0.25, -0.2) is 19.0 Å². The molecule has 0 saturated carbocycles. The second kappa shape index (κ2) is 8.47. The highest BCUT2D eigenvalue weighted by molar-refractivity contribution is 6.00. The fourth-order valence-corrected chi connectivity index (χ4v) is 4.67. The Labute approximate surface area is 196 Å². The molecule has 4 heterocycles. The van der Waals surface area contributed by atoms with Gasteiger partial charge in [0.15, 0.2) is 17.3 Å². The maximum absolute atomic E-state index is 14.3. The summed E-state index contributed by atoms with van der Waals surface area (Å²) < 4.78 is 27.4. The number of nitrogen functional groups attached to an aromatic ring is 1. The van der Waals surface area contributed by atoms with Crippen LogP contribution in [0.1, 0.15) is 34.9 Å². The van der Waals surface area contributed by atoms with Crippen LogP contribution in [-0.4, -0.2) is 64.4 Å². The number of anilines is 2. The molecule has 2 aliphatic rings. The molecule has 5 rings (SSSR count). The average Bonchev–Trinajstić information content (AvgIpc) is 3.43. The number of carbonyl (C=O) groups is 1. The van der Waals surface area contributed by atoms with Crippen LogP contribution < -0.4 is 20.1 Å². The number of halogens is 1. The lowest BCUT2D eigenvalue weighted by Crippen LogP contribution is -2.32. The molecule has 0 unspecified atom stereocenters. The van der Waals surface area contributed by atoms with Gasteiger partial charge in [0.1, 0.15) is 18.2 Å². The quantitative estimate of drug-likeness (QED) is 0.581. The van der Waals surface area contributed by atoms with Crippen molar-refractivity contribution in [3.05, 3.63) is 41.5 Å². The molecule has 11 heteroatoms. The van der Waals surface area contributed by atoms with Gasteiger partial charge >= 0.3 is 0 Å². The van der Waals surface area contributed by atoms with Crippen LogP contribution in [0.2, 0.25) is 0 Å². The zero-order valence-electron chi connectivity index (χ0n) is 19.3. The van der Waals surface area contributed by atoms with Gasteiger partial charge < -0.3 is 25.0 Å². The minimum Gasteiger partial charge on any atom is -0.491 e. The van der Waals surface area contributed by atoms with E-state index in [1.807, 2.05) is 4.90 Å². The second-order valence-electron chi connectivity index (χ2n) is 8.43. The van der Waals surface area contributed by atoms with Crippen molar-refractivity contribution >= 4 is 17.5 Å². The van der Waals surface area contributed by atoms with E-state index in [4.69, 9.17) is 20.2 Å². The highest BCUT2D eigenvalue weighted by atomic mass is 19.1. The highest BCUT2D eigenvalue weighted by Crippen LogP contribution is 2.42. The lowest BCUT2D eigenvalue weighted by atomic mass is 10.0. The molecule has 1 atom stereocenters. The van der Waals surface area contributed by atoms with Crippen LogP contribution in [0.4, 0.5) is 16.0 Å². The molecule has 0 radical (unpaired) electrons. The van der Waals surface area contributed by atoms with E-state index in [0.717, 1.165) is 18.4 Å². The van der Waals surface area contributed by atoms with Crippen molar-refractivity contribution in [1.82, 2.24) is 24.6 Å². The summed E-state index contributed by atoms with van der Waals surface area (Å²) in [7, 11) is 4.88. The summed E-state index contributed by atoms with van der Waals surface area (Å²) >= 11 is 0. The standard InChI is InChI=1S/C23H26FN7O3/c1-29-9-10-34-17-7-6-13(24)11-14(17)16-5-4-8-31(16)21-20(25)26-12-15(27-21)18-19(22(29)32)28-30(2)23(18)33-3/h6-7,11-12,16H,4-5,8-10H2,1-3H3,(H2,25,26)/t16-/m1/s1. The third-order valence-corrected chi connectivity index (χ3v) is 6.31. The summed E-state index contributed by atoms with van der Waals surface area (Å²) in [6.45, 7) is 1.21. The van der Waals surface area contributed by atoms with Gasteiger partial charge in [-0.2, -0.15) is 5.10 Å². The predicted molar refractivity (Wildman–Crippen MR) is 123 cm³/mol. The first-order valence-corrected chi connectivity index (χ1v) is 11.1. The Morgan fingerprint density at radius 1 is 1.26 bits per heavy atom. The molecule has 34 heavy (non-hydrogen) atoms. The number of benzene rings is 1. The van der Waals surface area contributed by atoms with Crippen LogP contribution >= 0.6 is 0 Å². The van der Waals surface area contributed by atoms with Crippen molar-refractivity contribution in [3.63, 3.8) is 0 Å². The van der Waals surface area contributed by atoms with E-state index in [0.29, 0.717) is 41.8 Å². The van der Waals surface area contributed by atoms with E-state index in [-0.39, 0.29) is 35.9 Å². The molecule has 1 aromatic carbocycles. The number of methoxy groups -OCH3 is 1. The number of carbonyl (C=O) groups excluding carboxylic acids is 1. The number of likely N-dealkylation sites (N-methyl/N-ethyl adjacent to an activating group) is 1. The van der Waals surface area contributed by atoms with E-state index in [9.17, 15) is 9.18 Å². The molecule has 3 aromatic rings. The number of amides is 1. The normalized spacial score (nSPS) is 18.0. The lowest BCUT2D eigenvalue weighted by molar-refractivity contribution is 0.0767. The second-order valence-corrected chi connectivity index (χ2v) is 8.43. The molecule has 2 aliphatic heterocycles.